The summed E-state index contributed by atoms with van der Waals surface area (Å²) in [5.41, 5.74) is 1.10. The maximum Gasteiger partial charge on any atom is 0.329 e. The highest BCUT2D eigenvalue weighted by molar-refractivity contribution is 7.57. The van der Waals surface area contributed by atoms with Crippen LogP contribution in [0.2, 0.25) is 0 Å². The number of ketones is 3. The molecule has 0 spiro atoms. The molecule has 0 aromatic heterocycles. The molecule has 0 radical (unpaired) electrons. The Bertz CT molecular complexity index is 1920. The number of carbonyl (C=O) groups excluding carboxylic acids is 5. The number of ether oxygens (including phenoxy) is 4. The van der Waals surface area contributed by atoms with Gasteiger partial charge in [-0.25, -0.2) is 4.79 Å². The third kappa shape index (κ3) is 15.7. The number of methoxy groups -OCH3 is 2. The summed E-state index contributed by atoms with van der Waals surface area (Å²) in [4.78, 5) is 71.6. The van der Waals surface area contributed by atoms with E-state index in [0.717, 1.165) is 5.57 Å². The summed E-state index contributed by atoms with van der Waals surface area (Å²) in [6, 6.07) is -1.17. The molecule has 3 fully saturated rings. The number of fused-ring (bicyclic) bond motifs is 3. The maximum atomic E-state index is 14.4. The van der Waals surface area contributed by atoms with Gasteiger partial charge < -0.3 is 43.7 Å². The Morgan fingerprint density at radius 2 is 1.56 bits per heavy atom. The van der Waals surface area contributed by atoms with Gasteiger partial charge in [-0.1, -0.05) is 71.1 Å². The number of Topliss-reactive ketones (excluding diaryl/α,β-unsaturated/α-hetero) is 3. The second-order valence-corrected chi connectivity index (χ2v) is 23.4. The fraction of sp³-hybridized carbons (Fsp3) is 0.750. The predicted octanol–water partition coefficient (Wildman–Crippen LogP) is 7.09. The first-order valence-electron chi connectivity index (χ1n) is 24.8. The summed E-state index contributed by atoms with van der Waals surface area (Å²) in [6.45, 7) is 15.5. The number of amides is 1. The molecule has 0 aromatic rings. The van der Waals surface area contributed by atoms with Crippen molar-refractivity contribution >= 4 is 36.6 Å². The lowest BCUT2D eigenvalue weighted by Gasteiger charge is -2.42. The molecule has 15 nitrogen and oxygen atoms in total. The molecule has 3 N–H and O–H groups in total. The molecular formula is C52H82NO14P. The van der Waals surface area contributed by atoms with Gasteiger partial charge in [0, 0.05) is 64.7 Å². The van der Waals surface area contributed by atoms with E-state index in [2.05, 4.69) is 0 Å². The lowest BCUT2D eigenvalue weighted by atomic mass is 9.78. The molecule has 3 heterocycles. The number of hydrogen-bond donors (Lipinski definition) is 3. The summed E-state index contributed by atoms with van der Waals surface area (Å²) in [6.07, 6.45) is 10.0. The third-order valence-corrected chi connectivity index (χ3v) is 15.4. The van der Waals surface area contributed by atoms with Crippen LogP contribution in [0.4, 0.5) is 0 Å². The Morgan fingerprint density at radius 3 is 2.22 bits per heavy atom. The zero-order valence-corrected chi connectivity index (χ0v) is 43.4. The van der Waals surface area contributed by atoms with Gasteiger partial charge in [0.25, 0.3) is 11.7 Å². The minimum absolute atomic E-state index is 0.0442. The van der Waals surface area contributed by atoms with Gasteiger partial charge in [0.15, 0.2) is 13.2 Å². The van der Waals surface area contributed by atoms with Crippen LogP contribution < -0.4 is 0 Å². The van der Waals surface area contributed by atoms with Crippen LogP contribution in [-0.2, 0) is 52.0 Å². The van der Waals surface area contributed by atoms with Crippen LogP contribution in [0.3, 0.4) is 0 Å². The van der Waals surface area contributed by atoms with E-state index in [0.29, 0.717) is 64.2 Å². The van der Waals surface area contributed by atoms with Crippen LogP contribution in [0.5, 0.6) is 0 Å². The van der Waals surface area contributed by atoms with Crippen molar-refractivity contribution in [2.24, 2.45) is 35.5 Å². The molecular weight excluding hydrogens is 894 g/mol. The first kappa shape index (κ1) is 57.4. The van der Waals surface area contributed by atoms with Crippen molar-refractivity contribution in [1.29, 1.82) is 0 Å². The van der Waals surface area contributed by atoms with E-state index in [1.54, 1.807) is 55.2 Å². The predicted molar refractivity (Wildman–Crippen MR) is 259 cm³/mol. The first-order chi connectivity index (χ1) is 31.9. The van der Waals surface area contributed by atoms with E-state index in [4.69, 9.17) is 23.5 Å². The number of aliphatic hydroxyl groups is 3. The average Bonchev–Trinajstić information content (AvgIpc) is 3.29. The van der Waals surface area contributed by atoms with Gasteiger partial charge in [-0.05, 0) is 107 Å². The minimum atomic E-state index is -2.79. The van der Waals surface area contributed by atoms with Crippen LogP contribution in [0.15, 0.2) is 47.6 Å². The Morgan fingerprint density at radius 1 is 0.853 bits per heavy atom. The van der Waals surface area contributed by atoms with Gasteiger partial charge in [0.2, 0.25) is 5.79 Å². The fourth-order valence-electron chi connectivity index (χ4n) is 10.3. The summed E-state index contributed by atoms with van der Waals surface area (Å²) in [5, 5.41) is 34.2. The molecule has 0 aromatic carbocycles. The number of esters is 1. The van der Waals surface area contributed by atoms with E-state index < -0.39 is 90.9 Å². The van der Waals surface area contributed by atoms with Crippen molar-refractivity contribution < 1.29 is 67.3 Å². The SMILES string of the molecule is CO[C@H]1C[C@@H]2CC[C@@H](C)[C@@](O)(O2)C(=O)C(=O)N2CCCC[C@H]2C(=O)O[C@H]([C@H](C)C[C@@H]2CC[C@@H](OP(C)(C)=O)[C@H](OC)C2)CC(=O)[C@H](C)/C=C(\C)[C@@H](O)C(O)C(=O)[C@H](C)C[C@H](C)/C=C/C=C/C=C/1C. The topological polar surface area (TPSA) is 212 Å². The maximum absolute atomic E-state index is 14.4. The number of aliphatic hydroxyl groups excluding tert-OH is 2. The molecule has 4 aliphatic rings. The van der Waals surface area contributed by atoms with Crippen molar-refractivity contribution in [3.63, 3.8) is 0 Å². The van der Waals surface area contributed by atoms with Gasteiger partial charge in [-0.3, -0.25) is 23.7 Å². The average molecular weight is 976 g/mol. The molecule has 16 heteroatoms. The normalized spacial score (nSPS) is 39.4. The fourth-order valence-corrected chi connectivity index (χ4v) is 11.2. The van der Waals surface area contributed by atoms with E-state index in [1.807, 2.05) is 51.2 Å². The lowest BCUT2D eigenvalue weighted by molar-refractivity contribution is -0.265. The van der Waals surface area contributed by atoms with Crippen LogP contribution in [0.1, 0.15) is 126 Å². The number of carbonyl (C=O) groups is 5. The van der Waals surface area contributed by atoms with Crippen LogP contribution in [0, 0.1) is 35.5 Å². The van der Waals surface area contributed by atoms with E-state index >= 15 is 0 Å². The Labute approximate surface area is 404 Å². The standard InChI is InChI=1S/C52H82NO14P/c1-31-17-13-12-14-18-32(2)43(63-8)29-39-22-20-37(7)52(61,66-39)49(58)50(59)53-24-16-15-19-40(53)51(60)65-44(34(4)27-38-21-23-42(45(28-38)64-9)67-68(10,11)62)30-41(54)33(3)26-36(6)47(56)48(57)46(55)35(5)25-31/h12-14,17-18,26,31,33-35,37-40,42-45,47-48,56-57,61H,15-16,19-25,27-30H2,1-11H3/b14-12+,17-13+,32-18+,36-26+/t31-,33-,34-,35-,37-,38+,39+,40+,42-,43+,44+,45-,47-,48?,52-/m1/s1. The molecule has 15 atom stereocenters. The van der Waals surface area contributed by atoms with Crippen molar-refractivity contribution in [2.45, 2.75) is 180 Å². The third-order valence-electron chi connectivity index (χ3n) is 14.6. The second-order valence-electron chi connectivity index (χ2n) is 20.7. The van der Waals surface area contributed by atoms with E-state index in [9.17, 15) is 43.9 Å². The quantitative estimate of drug-likeness (QED) is 0.101. The highest BCUT2D eigenvalue weighted by atomic mass is 31.2. The second kappa shape index (κ2) is 25.8. The van der Waals surface area contributed by atoms with Gasteiger partial charge in [0.05, 0.1) is 24.4 Å². The molecule has 1 unspecified atom stereocenters. The Kier molecular flexibility index (Phi) is 21.8. The zero-order chi connectivity index (χ0) is 50.7. The van der Waals surface area contributed by atoms with Crippen molar-refractivity contribution in [2.75, 3.05) is 34.1 Å². The molecule has 384 valence electrons. The van der Waals surface area contributed by atoms with Gasteiger partial charge in [-0.2, -0.15) is 0 Å². The van der Waals surface area contributed by atoms with Crippen molar-refractivity contribution in [3.05, 3.63) is 47.6 Å². The smallest absolute Gasteiger partial charge is 0.329 e. The highest BCUT2D eigenvalue weighted by Crippen LogP contribution is 2.44. The van der Waals surface area contributed by atoms with Gasteiger partial charge >= 0.3 is 5.97 Å². The van der Waals surface area contributed by atoms with Gasteiger partial charge in [-0.15, -0.1) is 0 Å². The molecule has 1 saturated carbocycles. The number of piperidine rings is 1. The zero-order valence-electron chi connectivity index (χ0n) is 42.5. The first-order valence-corrected chi connectivity index (χ1v) is 27.3. The minimum Gasteiger partial charge on any atom is -0.460 e. The molecule has 1 amide bonds. The van der Waals surface area contributed by atoms with E-state index in [-0.39, 0.29) is 60.7 Å². The van der Waals surface area contributed by atoms with Gasteiger partial charge in [0.1, 0.15) is 30.1 Å². The van der Waals surface area contributed by atoms with Crippen LogP contribution in [0.25, 0.3) is 0 Å². The van der Waals surface area contributed by atoms with Crippen LogP contribution >= 0.6 is 7.37 Å². The monoisotopic (exact) mass is 976 g/mol. The largest absolute Gasteiger partial charge is 0.460 e. The number of allylic oxidation sites excluding steroid dienone is 6. The Balaban J connectivity index is 1.69. The summed E-state index contributed by atoms with van der Waals surface area (Å²) in [5.74, 6) is -8.74. The molecule has 2 saturated heterocycles. The molecule has 68 heavy (non-hydrogen) atoms. The molecule has 3 aliphatic heterocycles. The summed E-state index contributed by atoms with van der Waals surface area (Å²) < 4.78 is 42.5. The molecule has 2 bridgehead atoms. The summed E-state index contributed by atoms with van der Waals surface area (Å²) >= 11 is 0. The Hall–Kier alpha value is -3.14. The number of nitrogens with zero attached hydrogens (tertiary/aromatic N) is 1. The molecule has 4 rings (SSSR count). The number of hydrogen-bond acceptors (Lipinski definition) is 14. The summed E-state index contributed by atoms with van der Waals surface area (Å²) in [7, 11) is 0.356. The van der Waals surface area contributed by atoms with E-state index in [1.165, 1.54) is 11.0 Å². The molecule has 1 aliphatic carbocycles. The highest BCUT2D eigenvalue weighted by Gasteiger charge is 2.53. The number of cyclic esters (lactones) is 1. The van der Waals surface area contributed by atoms with Crippen molar-refractivity contribution in [3.8, 4) is 0 Å². The van der Waals surface area contributed by atoms with Crippen molar-refractivity contribution in [1.82, 2.24) is 4.90 Å². The number of rotatable bonds is 7. The van der Waals surface area contributed by atoms with Crippen LogP contribution in [-0.4, -0.2) is 138 Å². The lowest BCUT2D eigenvalue weighted by Crippen LogP contribution is -2.61.